The maximum absolute atomic E-state index is 10.5. The predicted molar refractivity (Wildman–Crippen MR) is 65.3 cm³/mol. The SMILES string of the molecule is CCN(CC)C(C)CCCS(=O)(=O)O.Cl. The summed E-state index contributed by atoms with van der Waals surface area (Å²) in [6.07, 6.45) is 1.33. The second kappa shape index (κ2) is 8.33. The van der Waals surface area contributed by atoms with E-state index in [1.807, 2.05) is 0 Å². The van der Waals surface area contributed by atoms with E-state index in [1.54, 1.807) is 0 Å². The molecule has 1 N–H and O–H groups in total. The summed E-state index contributed by atoms with van der Waals surface area (Å²) in [5.74, 6) is -0.126. The third-order valence-corrected chi connectivity index (χ3v) is 3.26. The summed E-state index contributed by atoms with van der Waals surface area (Å²) in [5.41, 5.74) is 0. The second-order valence-electron chi connectivity index (χ2n) is 3.50. The fourth-order valence-corrected chi connectivity index (χ4v) is 2.12. The summed E-state index contributed by atoms with van der Waals surface area (Å²) in [5, 5.41) is 0. The Labute approximate surface area is 99.2 Å². The van der Waals surface area contributed by atoms with E-state index in [2.05, 4.69) is 25.7 Å². The van der Waals surface area contributed by atoms with Gasteiger partial charge in [0.25, 0.3) is 10.1 Å². The minimum atomic E-state index is -3.78. The number of halogens is 1. The van der Waals surface area contributed by atoms with Crippen molar-refractivity contribution in [3.63, 3.8) is 0 Å². The molecule has 0 amide bonds. The summed E-state index contributed by atoms with van der Waals surface area (Å²) in [4.78, 5) is 2.27. The average molecular weight is 260 g/mol. The Morgan fingerprint density at radius 3 is 2.07 bits per heavy atom. The third-order valence-electron chi connectivity index (χ3n) is 2.46. The van der Waals surface area contributed by atoms with E-state index < -0.39 is 10.1 Å². The van der Waals surface area contributed by atoms with Crippen LogP contribution < -0.4 is 0 Å². The summed E-state index contributed by atoms with van der Waals surface area (Å²) < 4.78 is 29.5. The van der Waals surface area contributed by atoms with Crippen LogP contribution in [-0.2, 0) is 10.1 Å². The normalized spacial score (nSPS) is 13.7. The van der Waals surface area contributed by atoms with Gasteiger partial charge in [0, 0.05) is 6.04 Å². The van der Waals surface area contributed by atoms with Gasteiger partial charge in [-0.3, -0.25) is 4.55 Å². The van der Waals surface area contributed by atoms with Crippen LogP contribution in [0.1, 0.15) is 33.6 Å². The first-order valence-electron chi connectivity index (χ1n) is 5.10. The van der Waals surface area contributed by atoms with Crippen molar-refractivity contribution in [2.45, 2.75) is 39.7 Å². The van der Waals surface area contributed by atoms with E-state index in [0.29, 0.717) is 12.5 Å². The fourth-order valence-electron chi connectivity index (χ4n) is 1.59. The number of nitrogens with zero attached hydrogens (tertiary/aromatic N) is 1. The van der Waals surface area contributed by atoms with Crippen molar-refractivity contribution < 1.29 is 13.0 Å². The van der Waals surface area contributed by atoms with Gasteiger partial charge in [-0.15, -0.1) is 12.4 Å². The van der Waals surface area contributed by atoms with Crippen LogP contribution in [0.3, 0.4) is 0 Å². The molecule has 0 radical (unpaired) electrons. The quantitative estimate of drug-likeness (QED) is 0.709. The van der Waals surface area contributed by atoms with Gasteiger partial charge in [0.2, 0.25) is 0 Å². The van der Waals surface area contributed by atoms with Gasteiger partial charge >= 0.3 is 0 Å². The second-order valence-corrected chi connectivity index (χ2v) is 5.07. The van der Waals surface area contributed by atoms with E-state index >= 15 is 0 Å². The maximum Gasteiger partial charge on any atom is 0.264 e. The zero-order valence-corrected chi connectivity index (χ0v) is 11.3. The highest BCUT2D eigenvalue weighted by molar-refractivity contribution is 7.85. The smallest absolute Gasteiger partial charge is 0.264 e. The van der Waals surface area contributed by atoms with Crippen LogP contribution in [0.25, 0.3) is 0 Å². The minimum Gasteiger partial charge on any atom is -0.301 e. The van der Waals surface area contributed by atoms with E-state index in [9.17, 15) is 8.42 Å². The molecule has 0 aliphatic heterocycles. The summed E-state index contributed by atoms with van der Waals surface area (Å²) >= 11 is 0. The topological polar surface area (TPSA) is 57.6 Å². The highest BCUT2D eigenvalue weighted by Crippen LogP contribution is 2.06. The van der Waals surface area contributed by atoms with Crippen molar-refractivity contribution in [1.82, 2.24) is 4.90 Å². The predicted octanol–water partition coefficient (Wildman–Crippen LogP) is 1.81. The van der Waals surface area contributed by atoms with Gasteiger partial charge in [0.05, 0.1) is 5.75 Å². The average Bonchev–Trinajstić information content (AvgIpc) is 2.04. The van der Waals surface area contributed by atoms with E-state index in [1.165, 1.54) is 0 Å². The lowest BCUT2D eigenvalue weighted by atomic mass is 10.1. The zero-order chi connectivity index (χ0) is 11.2. The Morgan fingerprint density at radius 2 is 1.73 bits per heavy atom. The highest BCUT2D eigenvalue weighted by Gasteiger charge is 2.11. The molecule has 0 saturated heterocycles. The van der Waals surface area contributed by atoms with E-state index in [-0.39, 0.29) is 18.2 Å². The molecule has 0 aromatic rings. The molecule has 0 aliphatic carbocycles. The van der Waals surface area contributed by atoms with Gasteiger partial charge in [-0.05, 0) is 32.9 Å². The van der Waals surface area contributed by atoms with Crippen LogP contribution in [-0.4, -0.2) is 42.8 Å². The molecule has 0 spiro atoms. The van der Waals surface area contributed by atoms with Gasteiger partial charge in [-0.25, -0.2) is 0 Å². The monoisotopic (exact) mass is 259 g/mol. The number of rotatable bonds is 7. The van der Waals surface area contributed by atoms with Gasteiger partial charge in [-0.2, -0.15) is 8.42 Å². The molecule has 0 rings (SSSR count). The first kappa shape index (κ1) is 17.6. The molecule has 0 aromatic heterocycles. The molecule has 4 nitrogen and oxygen atoms in total. The molecule has 15 heavy (non-hydrogen) atoms. The molecule has 6 heteroatoms. The standard InChI is InChI=1S/C9H21NO3S.ClH/c1-4-10(5-2)9(3)7-6-8-14(11,12)13;/h9H,4-8H2,1-3H3,(H,11,12,13);1H. The first-order valence-corrected chi connectivity index (χ1v) is 6.70. The van der Waals surface area contributed by atoms with Crippen LogP contribution in [0.15, 0.2) is 0 Å². The maximum atomic E-state index is 10.5. The number of hydrogen-bond donors (Lipinski definition) is 1. The Balaban J connectivity index is 0. The minimum absolute atomic E-state index is 0. The van der Waals surface area contributed by atoms with Crippen molar-refractivity contribution in [2.75, 3.05) is 18.8 Å². The summed E-state index contributed by atoms with van der Waals surface area (Å²) in [6, 6.07) is 0.381. The molecule has 94 valence electrons. The molecular weight excluding hydrogens is 238 g/mol. The van der Waals surface area contributed by atoms with Crippen LogP contribution in [0, 0.1) is 0 Å². The third kappa shape index (κ3) is 9.11. The van der Waals surface area contributed by atoms with Crippen LogP contribution in [0.5, 0.6) is 0 Å². The molecule has 0 fully saturated rings. The number of hydrogen-bond acceptors (Lipinski definition) is 3. The molecule has 0 bridgehead atoms. The largest absolute Gasteiger partial charge is 0.301 e. The van der Waals surface area contributed by atoms with E-state index in [4.69, 9.17) is 4.55 Å². The van der Waals surface area contributed by atoms with Gasteiger partial charge in [-0.1, -0.05) is 13.8 Å². The lowest BCUT2D eigenvalue weighted by Crippen LogP contribution is -2.32. The Bertz CT molecular complexity index is 240. The van der Waals surface area contributed by atoms with Crippen LogP contribution >= 0.6 is 12.4 Å². The van der Waals surface area contributed by atoms with E-state index in [0.717, 1.165) is 19.5 Å². The summed E-state index contributed by atoms with van der Waals surface area (Å²) in [6.45, 7) is 8.20. The van der Waals surface area contributed by atoms with Crippen LogP contribution in [0.4, 0.5) is 0 Å². The first-order chi connectivity index (χ1) is 6.40. The fraction of sp³-hybridized carbons (Fsp3) is 1.00. The Kier molecular flexibility index (Phi) is 9.74. The molecule has 0 saturated carbocycles. The Hall–Kier alpha value is 0.160. The lowest BCUT2D eigenvalue weighted by molar-refractivity contribution is 0.220. The van der Waals surface area contributed by atoms with Crippen molar-refractivity contribution in [1.29, 1.82) is 0 Å². The van der Waals surface area contributed by atoms with Crippen molar-refractivity contribution in [3.05, 3.63) is 0 Å². The molecular formula is C9H22ClNO3S. The van der Waals surface area contributed by atoms with Gasteiger partial charge < -0.3 is 4.90 Å². The van der Waals surface area contributed by atoms with Crippen molar-refractivity contribution >= 4 is 22.5 Å². The van der Waals surface area contributed by atoms with Gasteiger partial charge in [0.1, 0.15) is 0 Å². The molecule has 0 heterocycles. The van der Waals surface area contributed by atoms with Crippen molar-refractivity contribution in [3.8, 4) is 0 Å². The molecule has 0 aromatic carbocycles. The van der Waals surface area contributed by atoms with Crippen LogP contribution in [0.2, 0.25) is 0 Å². The zero-order valence-electron chi connectivity index (χ0n) is 9.64. The summed E-state index contributed by atoms with van der Waals surface area (Å²) in [7, 11) is -3.78. The molecule has 0 aliphatic rings. The highest BCUT2D eigenvalue weighted by atomic mass is 35.5. The molecule has 1 unspecified atom stereocenters. The van der Waals surface area contributed by atoms with Crippen molar-refractivity contribution in [2.24, 2.45) is 0 Å². The molecule has 1 atom stereocenters. The van der Waals surface area contributed by atoms with Gasteiger partial charge in [0.15, 0.2) is 0 Å². The Morgan fingerprint density at radius 1 is 1.27 bits per heavy atom. The lowest BCUT2D eigenvalue weighted by Gasteiger charge is -2.26.